The molecule has 10 heteroatoms. The summed E-state index contributed by atoms with van der Waals surface area (Å²) >= 11 is 3.43. The predicted molar refractivity (Wildman–Crippen MR) is 107 cm³/mol. The van der Waals surface area contributed by atoms with Gasteiger partial charge < -0.3 is 18.7 Å². The number of nitrogens with zero attached hydrogens (tertiary/aromatic N) is 1. The summed E-state index contributed by atoms with van der Waals surface area (Å²) in [5, 5.41) is 3.81. The van der Waals surface area contributed by atoms with Gasteiger partial charge in [-0.3, -0.25) is 4.72 Å². The first-order valence-corrected chi connectivity index (χ1v) is 10.2. The molecule has 0 saturated carbocycles. The van der Waals surface area contributed by atoms with E-state index in [1.807, 2.05) is 6.07 Å². The summed E-state index contributed by atoms with van der Waals surface area (Å²) in [6, 6.07) is 11.5. The maximum Gasteiger partial charge on any atom is 0.270 e. The molecule has 0 aliphatic rings. The highest BCUT2D eigenvalue weighted by atomic mass is 79.9. The first-order valence-electron chi connectivity index (χ1n) is 7.94. The highest BCUT2D eigenvalue weighted by Crippen LogP contribution is 2.38. The number of nitrogens with one attached hydrogen (secondary N) is 1. The molecule has 0 saturated heterocycles. The Morgan fingerprint density at radius 3 is 2.14 bits per heavy atom. The smallest absolute Gasteiger partial charge is 0.270 e. The number of halogens is 1. The van der Waals surface area contributed by atoms with Crippen LogP contribution in [0, 0.1) is 0 Å². The molecular formula is C18H17BrN2O6S. The predicted octanol–water partition coefficient (Wildman–Crippen LogP) is 3.93. The Hall–Kier alpha value is -2.72. The van der Waals surface area contributed by atoms with Crippen molar-refractivity contribution in [1.82, 2.24) is 5.16 Å². The van der Waals surface area contributed by atoms with E-state index in [1.165, 1.54) is 39.5 Å². The Bertz CT molecular complexity index is 1070. The lowest BCUT2D eigenvalue weighted by Gasteiger charge is -2.13. The third-order valence-corrected chi connectivity index (χ3v) is 5.92. The van der Waals surface area contributed by atoms with E-state index in [2.05, 4.69) is 25.8 Å². The van der Waals surface area contributed by atoms with Crippen molar-refractivity contribution in [3.8, 4) is 28.6 Å². The van der Waals surface area contributed by atoms with Gasteiger partial charge in [0, 0.05) is 10.5 Å². The second-order valence-corrected chi connectivity index (χ2v) is 7.96. The molecule has 3 rings (SSSR count). The van der Waals surface area contributed by atoms with E-state index in [4.69, 9.17) is 18.7 Å². The van der Waals surface area contributed by atoms with Gasteiger partial charge in [0.25, 0.3) is 10.0 Å². The Labute approximate surface area is 170 Å². The molecule has 1 heterocycles. The van der Waals surface area contributed by atoms with E-state index >= 15 is 0 Å². The third kappa shape index (κ3) is 3.78. The van der Waals surface area contributed by atoms with Crippen molar-refractivity contribution in [2.45, 2.75) is 4.90 Å². The molecular weight excluding hydrogens is 452 g/mol. The summed E-state index contributed by atoms with van der Waals surface area (Å²) in [5.74, 6) is 1.16. The quantitative estimate of drug-likeness (QED) is 0.560. The maximum atomic E-state index is 12.9. The van der Waals surface area contributed by atoms with Crippen molar-refractivity contribution < 1.29 is 27.2 Å². The van der Waals surface area contributed by atoms with Crippen LogP contribution < -0.4 is 18.9 Å². The lowest BCUT2D eigenvalue weighted by atomic mass is 10.1. The Morgan fingerprint density at radius 1 is 0.964 bits per heavy atom. The molecule has 148 valence electrons. The first-order chi connectivity index (χ1) is 13.4. The summed E-state index contributed by atoms with van der Waals surface area (Å²) in [4.78, 5) is -0.136. The molecule has 0 aliphatic carbocycles. The maximum absolute atomic E-state index is 12.9. The largest absolute Gasteiger partial charge is 0.496 e. The second-order valence-electron chi connectivity index (χ2n) is 5.49. The van der Waals surface area contributed by atoms with Crippen LogP contribution in [0.3, 0.4) is 0 Å². The number of anilines is 1. The lowest BCUT2D eigenvalue weighted by Crippen LogP contribution is -2.15. The minimum Gasteiger partial charge on any atom is -0.496 e. The van der Waals surface area contributed by atoms with Gasteiger partial charge in [0.15, 0.2) is 16.5 Å². The Morgan fingerprint density at radius 2 is 1.54 bits per heavy atom. The van der Waals surface area contributed by atoms with E-state index in [9.17, 15) is 8.42 Å². The topological polar surface area (TPSA) is 99.9 Å². The Kier molecular flexibility index (Phi) is 5.80. The van der Waals surface area contributed by atoms with Crippen molar-refractivity contribution >= 4 is 31.8 Å². The van der Waals surface area contributed by atoms with Crippen molar-refractivity contribution in [3.05, 3.63) is 46.9 Å². The van der Waals surface area contributed by atoms with Gasteiger partial charge >= 0.3 is 0 Å². The molecule has 0 aliphatic heterocycles. The fraction of sp³-hybridized carbons (Fsp3) is 0.167. The van der Waals surface area contributed by atoms with Crippen LogP contribution in [0.2, 0.25) is 0 Å². The standard InChI is InChI=1S/C18H17BrN2O6S/c1-24-12-7-4-6-11(19)17(12)15-10-16(20-27-15)21-28(22,23)18-13(25-2)8-5-9-14(18)26-3/h4-10H,1-3H3,(H,20,21). The molecule has 0 fully saturated rings. The van der Waals surface area contributed by atoms with Crippen LogP contribution in [-0.2, 0) is 10.0 Å². The van der Waals surface area contributed by atoms with Crippen molar-refractivity contribution in [1.29, 1.82) is 0 Å². The van der Waals surface area contributed by atoms with E-state index < -0.39 is 10.0 Å². The van der Waals surface area contributed by atoms with Crippen LogP contribution >= 0.6 is 15.9 Å². The zero-order chi connectivity index (χ0) is 20.3. The van der Waals surface area contributed by atoms with Crippen LogP contribution in [0.5, 0.6) is 17.2 Å². The molecule has 0 atom stereocenters. The van der Waals surface area contributed by atoms with Gasteiger partial charge in [-0.1, -0.05) is 17.3 Å². The highest BCUT2D eigenvalue weighted by molar-refractivity contribution is 9.10. The van der Waals surface area contributed by atoms with Gasteiger partial charge in [-0.2, -0.15) is 0 Å². The Balaban J connectivity index is 1.99. The van der Waals surface area contributed by atoms with Gasteiger partial charge in [-0.05, 0) is 40.2 Å². The van der Waals surface area contributed by atoms with Crippen molar-refractivity contribution in [2.75, 3.05) is 26.1 Å². The first kappa shape index (κ1) is 20.0. The number of rotatable bonds is 7. The number of hydrogen-bond donors (Lipinski definition) is 1. The fourth-order valence-electron chi connectivity index (χ4n) is 2.63. The fourth-order valence-corrected chi connectivity index (χ4v) is 4.47. The molecule has 2 aromatic carbocycles. The third-order valence-electron chi connectivity index (χ3n) is 3.84. The highest BCUT2D eigenvalue weighted by Gasteiger charge is 2.26. The summed E-state index contributed by atoms with van der Waals surface area (Å²) in [6.45, 7) is 0. The minimum absolute atomic E-state index is 0.000709. The molecule has 3 aromatic rings. The van der Waals surface area contributed by atoms with Gasteiger partial charge in [0.05, 0.1) is 26.9 Å². The van der Waals surface area contributed by atoms with Crippen LogP contribution in [-0.4, -0.2) is 34.9 Å². The van der Waals surface area contributed by atoms with Crippen LogP contribution in [0.25, 0.3) is 11.3 Å². The van der Waals surface area contributed by atoms with E-state index in [0.717, 1.165) is 0 Å². The van der Waals surface area contributed by atoms with Crippen molar-refractivity contribution in [2.24, 2.45) is 0 Å². The van der Waals surface area contributed by atoms with Crippen LogP contribution in [0.4, 0.5) is 5.82 Å². The van der Waals surface area contributed by atoms with Crippen LogP contribution in [0.1, 0.15) is 0 Å². The molecule has 8 nitrogen and oxygen atoms in total. The number of hydrogen-bond acceptors (Lipinski definition) is 7. The SMILES string of the molecule is COc1cccc(Br)c1-c1cc(NS(=O)(=O)c2c(OC)cccc2OC)no1. The molecule has 0 unspecified atom stereocenters. The average molecular weight is 469 g/mol. The molecule has 1 N–H and O–H groups in total. The summed E-state index contributed by atoms with van der Waals surface area (Å²) < 4.78 is 49.9. The second kappa shape index (κ2) is 8.11. The zero-order valence-electron chi connectivity index (χ0n) is 15.2. The van der Waals surface area contributed by atoms with Gasteiger partial charge in [0.1, 0.15) is 17.2 Å². The number of sulfonamides is 1. The summed E-state index contributed by atoms with van der Waals surface area (Å²) in [6.07, 6.45) is 0. The summed E-state index contributed by atoms with van der Waals surface area (Å²) in [7, 11) is 0.220. The monoisotopic (exact) mass is 468 g/mol. The van der Waals surface area contributed by atoms with Crippen LogP contribution in [0.15, 0.2) is 56.4 Å². The van der Waals surface area contributed by atoms with Gasteiger partial charge in [-0.15, -0.1) is 0 Å². The normalized spacial score (nSPS) is 11.1. The molecule has 28 heavy (non-hydrogen) atoms. The molecule has 1 aromatic heterocycles. The number of methoxy groups -OCH3 is 3. The number of benzene rings is 2. The molecule has 0 spiro atoms. The van der Waals surface area contributed by atoms with E-state index in [-0.39, 0.29) is 22.2 Å². The molecule has 0 bridgehead atoms. The minimum atomic E-state index is -4.06. The van der Waals surface area contributed by atoms with Gasteiger partial charge in [-0.25, -0.2) is 8.42 Å². The zero-order valence-corrected chi connectivity index (χ0v) is 17.6. The molecule has 0 amide bonds. The van der Waals surface area contributed by atoms with E-state index in [0.29, 0.717) is 21.5 Å². The lowest BCUT2D eigenvalue weighted by molar-refractivity contribution is 0.373. The number of ether oxygens (including phenoxy) is 3. The number of aromatic nitrogens is 1. The van der Waals surface area contributed by atoms with E-state index in [1.54, 1.807) is 18.2 Å². The molecule has 0 radical (unpaired) electrons. The average Bonchev–Trinajstić information content (AvgIpc) is 3.13. The van der Waals surface area contributed by atoms with Crippen molar-refractivity contribution in [3.63, 3.8) is 0 Å². The van der Waals surface area contributed by atoms with Gasteiger partial charge in [0.2, 0.25) is 0 Å². The summed E-state index contributed by atoms with van der Waals surface area (Å²) in [5.41, 5.74) is 0.609.